The molecule has 0 atom stereocenters. The summed E-state index contributed by atoms with van der Waals surface area (Å²) in [6.45, 7) is 3.72. The minimum absolute atomic E-state index is 0.150. The van der Waals surface area contributed by atoms with Crippen molar-refractivity contribution in [1.29, 1.82) is 0 Å². The number of urea groups is 1. The van der Waals surface area contributed by atoms with Gasteiger partial charge in [-0.15, -0.1) is 0 Å². The Bertz CT molecular complexity index is 869. The normalized spacial score (nSPS) is 17.0. The molecule has 0 aliphatic carbocycles. The minimum atomic E-state index is -0.153. The number of rotatable bonds is 6. The molecule has 0 saturated carbocycles. The molecule has 0 radical (unpaired) electrons. The van der Waals surface area contributed by atoms with Gasteiger partial charge in [0.15, 0.2) is 0 Å². The van der Waals surface area contributed by atoms with Gasteiger partial charge in [0.2, 0.25) is 0 Å². The molecule has 166 valence electrons. The molecule has 31 heavy (non-hydrogen) atoms. The van der Waals surface area contributed by atoms with E-state index in [1.54, 1.807) is 7.11 Å². The molecule has 3 heterocycles. The standard InChI is InChI=1S/C23H31N5O3/c1-30-14-11-21-26-20-10-16-31-15-9-19(20)22(27-21)28-12-7-18(8-13-28)25-23(29)24-17-5-3-2-4-6-17/h2-6,18H,7-16H2,1H3,(H2,24,25,29). The lowest BCUT2D eigenvalue weighted by atomic mass is 10.0. The number of nitrogens with one attached hydrogen (secondary N) is 2. The first-order valence-electron chi connectivity index (χ1n) is 11.1. The van der Waals surface area contributed by atoms with E-state index < -0.39 is 0 Å². The largest absolute Gasteiger partial charge is 0.384 e. The Morgan fingerprint density at radius 2 is 1.94 bits per heavy atom. The number of carbonyl (C=O) groups is 1. The van der Waals surface area contributed by atoms with Crippen LogP contribution in [0.3, 0.4) is 0 Å². The molecule has 4 rings (SSSR count). The lowest BCUT2D eigenvalue weighted by Gasteiger charge is -2.34. The Hall–Kier alpha value is -2.71. The minimum Gasteiger partial charge on any atom is -0.384 e. The number of fused-ring (bicyclic) bond motifs is 1. The maximum Gasteiger partial charge on any atom is 0.319 e. The molecule has 0 unspecified atom stereocenters. The Kier molecular flexibility index (Phi) is 7.32. The molecular formula is C23H31N5O3. The zero-order chi connectivity index (χ0) is 21.5. The summed E-state index contributed by atoms with van der Waals surface area (Å²) in [5.41, 5.74) is 3.12. The number of methoxy groups -OCH3 is 1. The summed E-state index contributed by atoms with van der Waals surface area (Å²) < 4.78 is 10.9. The Morgan fingerprint density at radius 3 is 2.71 bits per heavy atom. The summed E-state index contributed by atoms with van der Waals surface area (Å²) in [5, 5.41) is 6.00. The Balaban J connectivity index is 1.40. The summed E-state index contributed by atoms with van der Waals surface area (Å²) in [6.07, 6.45) is 4.13. The van der Waals surface area contributed by atoms with Gasteiger partial charge in [-0.2, -0.15) is 0 Å². The molecule has 8 nitrogen and oxygen atoms in total. The van der Waals surface area contributed by atoms with Crippen molar-refractivity contribution in [3.8, 4) is 0 Å². The van der Waals surface area contributed by atoms with Gasteiger partial charge in [0.1, 0.15) is 11.6 Å². The van der Waals surface area contributed by atoms with Gasteiger partial charge in [-0.25, -0.2) is 14.8 Å². The van der Waals surface area contributed by atoms with Gasteiger partial charge in [-0.1, -0.05) is 18.2 Å². The van der Waals surface area contributed by atoms with E-state index in [4.69, 9.17) is 19.4 Å². The second kappa shape index (κ2) is 10.5. The van der Waals surface area contributed by atoms with Gasteiger partial charge in [-0.3, -0.25) is 0 Å². The third kappa shape index (κ3) is 5.71. The number of benzene rings is 1. The highest BCUT2D eigenvalue weighted by Crippen LogP contribution is 2.27. The van der Waals surface area contributed by atoms with E-state index in [1.165, 1.54) is 5.56 Å². The smallest absolute Gasteiger partial charge is 0.319 e. The van der Waals surface area contributed by atoms with E-state index in [2.05, 4.69) is 15.5 Å². The molecule has 2 aliphatic rings. The first kappa shape index (κ1) is 21.5. The summed E-state index contributed by atoms with van der Waals surface area (Å²) in [5.74, 6) is 1.87. The third-order valence-electron chi connectivity index (χ3n) is 5.79. The van der Waals surface area contributed by atoms with Crippen LogP contribution in [0.2, 0.25) is 0 Å². The number of aromatic nitrogens is 2. The average molecular weight is 426 g/mol. The third-order valence-corrected chi connectivity index (χ3v) is 5.79. The number of nitrogens with zero attached hydrogens (tertiary/aromatic N) is 3. The molecule has 1 saturated heterocycles. The fourth-order valence-electron chi connectivity index (χ4n) is 4.15. The van der Waals surface area contributed by atoms with Crippen LogP contribution in [0.15, 0.2) is 30.3 Å². The van der Waals surface area contributed by atoms with E-state index in [1.807, 2.05) is 30.3 Å². The van der Waals surface area contributed by atoms with E-state index >= 15 is 0 Å². The van der Waals surface area contributed by atoms with Gasteiger partial charge in [0.25, 0.3) is 0 Å². The predicted molar refractivity (Wildman–Crippen MR) is 120 cm³/mol. The molecule has 1 aromatic carbocycles. The van der Waals surface area contributed by atoms with Crippen LogP contribution in [-0.2, 0) is 28.7 Å². The summed E-state index contributed by atoms with van der Waals surface area (Å²) >= 11 is 0. The van der Waals surface area contributed by atoms with Gasteiger partial charge in [0, 0.05) is 56.8 Å². The van der Waals surface area contributed by atoms with Crippen molar-refractivity contribution in [2.24, 2.45) is 0 Å². The van der Waals surface area contributed by atoms with Gasteiger partial charge < -0.3 is 25.0 Å². The molecule has 2 aliphatic heterocycles. The molecule has 2 aromatic rings. The van der Waals surface area contributed by atoms with Crippen molar-refractivity contribution in [3.63, 3.8) is 0 Å². The van der Waals surface area contributed by atoms with E-state index in [-0.39, 0.29) is 12.1 Å². The fraction of sp³-hybridized carbons (Fsp3) is 0.522. The number of para-hydroxylation sites is 1. The van der Waals surface area contributed by atoms with Crippen molar-refractivity contribution < 1.29 is 14.3 Å². The molecular weight excluding hydrogens is 394 g/mol. The molecule has 0 spiro atoms. The number of hydrogen-bond acceptors (Lipinski definition) is 6. The van der Waals surface area contributed by atoms with Crippen LogP contribution < -0.4 is 15.5 Å². The maximum absolute atomic E-state index is 12.3. The Labute approximate surface area is 183 Å². The molecule has 1 fully saturated rings. The van der Waals surface area contributed by atoms with E-state index in [0.29, 0.717) is 26.2 Å². The zero-order valence-corrected chi connectivity index (χ0v) is 18.1. The molecule has 8 heteroatoms. The molecule has 1 aromatic heterocycles. The van der Waals surface area contributed by atoms with Crippen LogP contribution in [-0.4, -0.2) is 62.1 Å². The van der Waals surface area contributed by atoms with E-state index in [0.717, 1.165) is 61.8 Å². The molecule has 2 N–H and O–H groups in total. The van der Waals surface area contributed by atoms with Crippen LogP contribution in [0, 0.1) is 0 Å². The highest BCUT2D eigenvalue weighted by atomic mass is 16.5. The number of hydrogen-bond donors (Lipinski definition) is 2. The SMILES string of the molecule is COCCc1nc2c(c(N3CCC(NC(=O)Nc4ccccc4)CC3)n1)CCOCC2. The van der Waals surface area contributed by atoms with Crippen LogP contribution in [0.1, 0.15) is 29.9 Å². The van der Waals surface area contributed by atoms with Crippen molar-refractivity contribution in [2.45, 2.75) is 38.1 Å². The fourth-order valence-corrected chi connectivity index (χ4v) is 4.15. The van der Waals surface area contributed by atoms with Crippen LogP contribution in [0.4, 0.5) is 16.3 Å². The van der Waals surface area contributed by atoms with Gasteiger partial charge in [-0.05, 0) is 25.0 Å². The highest BCUT2D eigenvalue weighted by Gasteiger charge is 2.26. The average Bonchev–Trinajstić information content (AvgIpc) is 3.04. The van der Waals surface area contributed by atoms with Crippen molar-refractivity contribution in [3.05, 3.63) is 47.4 Å². The predicted octanol–water partition coefficient (Wildman–Crippen LogP) is 2.57. The van der Waals surface area contributed by atoms with Crippen molar-refractivity contribution in [2.75, 3.05) is 50.2 Å². The highest BCUT2D eigenvalue weighted by molar-refractivity contribution is 5.89. The zero-order valence-electron chi connectivity index (χ0n) is 18.1. The first-order valence-corrected chi connectivity index (χ1v) is 11.1. The monoisotopic (exact) mass is 425 g/mol. The summed E-state index contributed by atoms with van der Waals surface area (Å²) in [7, 11) is 1.70. The lowest BCUT2D eigenvalue weighted by Crippen LogP contribution is -2.46. The van der Waals surface area contributed by atoms with Gasteiger partial charge >= 0.3 is 6.03 Å². The van der Waals surface area contributed by atoms with E-state index in [9.17, 15) is 4.79 Å². The van der Waals surface area contributed by atoms with Crippen molar-refractivity contribution >= 4 is 17.5 Å². The number of carbonyl (C=O) groups excluding carboxylic acids is 1. The van der Waals surface area contributed by atoms with Crippen LogP contribution in [0.25, 0.3) is 0 Å². The maximum atomic E-state index is 12.3. The second-order valence-electron chi connectivity index (χ2n) is 7.97. The molecule has 2 amide bonds. The van der Waals surface area contributed by atoms with Crippen LogP contribution in [0.5, 0.6) is 0 Å². The van der Waals surface area contributed by atoms with Crippen molar-refractivity contribution in [1.82, 2.24) is 15.3 Å². The quantitative estimate of drug-likeness (QED) is 0.740. The molecule has 0 bridgehead atoms. The lowest BCUT2D eigenvalue weighted by molar-refractivity contribution is 0.146. The number of anilines is 2. The second-order valence-corrected chi connectivity index (χ2v) is 7.97. The van der Waals surface area contributed by atoms with Crippen LogP contribution >= 0.6 is 0 Å². The summed E-state index contributed by atoms with van der Waals surface area (Å²) in [6, 6.07) is 9.51. The number of piperidine rings is 1. The topological polar surface area (TPSA) is 88.6 Å². The van der Waals surface area contributed by atoms with Gasteiger partial charge in [0.05, 0.1) is 25.5 Å². The number of amides is 2. The first-order chi connectivity index (χ1) is 15.2. The number of ether oxygens (including phenoxy) is 2. The Morgan fingerprint density at radius 1 is 1.16 bits per heavy atom. The summed E-state index contributed by atoms with van der Waals surface area (Å²) in [4.78, 5) is 24.4.